The lowest BCUT2D eigenvalue weighted by molar-refractivity contribution is 0.165. The summed E-state index contributed by atoms with van der Waals surface area (Å²) in [7, 11) is 0. The largest absolute Gasteiger partial charge is 0.391 e. The molecule has 0 saturated carbocycles. The number of hydrogen-bond acceptors (Lipinski definition) is 2. The zero-order valence-electron chi connectivity index (χ0n) is 11.3. The van der Waals surface area contributed by atoms with Crippen LogP contribution < -0.4 is 5.73 Å². The number of aliphatic hydroxyl groups is 1. The molecule has 3 aromatic carbocycles. The number of fused-ring (bicyclic) bond motifs is 3. The molecule has 3 heteroatoms. The minimum absolute atomic E-state index is 0. The van der Waals surface area contributed by atoms with E-state index in [4.69, 9.17) is 5.73 Å². The third kappa shape index (κ3) is 2.38. The second-order valence-corrected chi connectivity index (χ2v) is 5.00. The van der Waals surface area contributed by atoms with Crippen molar-refractivity contribution >= 4 is 34.0 Å². The van der Waals surface area contributed by atoms with Gasteiger partial charge in [0.05, 0.1) is 12.1 Å². The van der Waals surface area contributed by atoms with Crippen LogP contribution in [0, 0.1) is 0 Å². The van der Waals surface area contributed by atoms with E-state index < -0.39 is 6.10 Å². The van der Waals surface area contributed by atoms with E-state index in [1.807, 2.05) is 24.3 Å². The van der Waals surface area contributed by atoms with Gasteiger partial charge in [0.15, 0.2) is 0 Å². The molecular weight excluding hydrogens is 270 g/mol. The minimum Gasteiger partial charge on any atom is -0.391 e. The van der Waals surface area contributed by atoms with Crippen LogP contribution in [0.15, 0.2) is 54.6 Å². The minimum atomic E-state index is -0.565. The van der Waals surface area contributed by atoms with Crippen LogP contribution in [0.1, 0.15) is 18.5 Å². The Labute approximate surface area is 124 Å². The molecule has 3 N–H and O–H groups in total. The summed E-state index contributed by atoms with van der Waals surface area (Å²) in [5.41, 5.74) is 7.15. The Hall–Kier alpha value is -1.61. The topological polar surface area (TPSA) is 46.2 Å². The maximum atomic E-state index is 9.78. The summed E-state index contributed by atoms with van der Waals surface area (Å²) in [6.45, 7) is 1.73. The summed E-state index contributed by atoms with van der Waals surface area (Å²) in [4.78, 5) is 0. The lowest BCUT2D eigenvalue weighted by Crippen LogP contribution is -2.23. The Kier molecular flexibility index (Phi) is 4.29. The number of hydrogen-bond donors (Lipinski definition) is 2. The summed E-state index contributed by atoms with van der Waals surface area (Å²) in [5.74, 6) is 0. The first-order chi connectivity index (χ1) is 9.18. The predicted molar refractivity (Wildman–Crippen MR) is 87.3 cm³/mol. The molecule has 0 aromatic heterocycles. The van der Waals surface area contributed by atoms with Gasteiger partial charge in [0.2, 0.25) is 0 Å². The van der Waals surface area contributed by atoms with Gasteiger partial charge >= 0.3 is 0 Å². The Morgan fingerprint density at radius 3 is 2.10 bits per heavy atom. The normalized spacial score (nSPS) is 13.9. The Bertz CT molecular complexity index is 739. The molecular formula is C17H18ClNO. The van der Waals surface area contributed by atoms with Crippen molar-refractivity contribution in [2.45, 2.75) is 19.1 Å². The Morgan fingerprint density at radius 2 is 1.45 bits per heavy atom. The molecule has 2 atom stereocenters. The van der Waals surface area contributed by atoms with E-state index in [0.29, 0.717) is 0 Å². The van der Waals surface area contributed by atoms with E-state index in [1.165, 1.54) is 10.8 Å². The van der Waals surface area contributed by atoms with Crippen LogP contribution in [0.3, 0.4) is 0 Å². The van der Waals surface area contributed by atoms with Gasteiger partial charge in [-0.05, 0) is 40.1 Å². The zero-order chi connectivity index (χ0) is 13.4. The van der Waals surface area contributed by atoms with Gasteiger partial charge in [0, 0.05) is 0 Å². The molecule has 0 aliphatic heterocycles. The molecule has 0 bridgehead atoms. The second kappa shape index (κ2) is 5.80. The Morgan fingerprint density at radius 1 is 0.900 bits per heavy atom. The van der Waals surface area contributed by atoms with Crippen LogP contribution >= 0.6 is 12.4 Å². The molecule has 0 fully saturated rings. The van der Waals surface area contributed by atoms with Crippen LogP contribution in [0.25, 0.3) is 21.5 Å². The monoisotopic (exact) mass is 287 g/mol. The van der Waals surface area contributed by atoms with Crippen LogP contribution in [0.5, 0.6) is 0 Å². The fourth-order valence-electron chi connectivity index (χ4n) is 2.62. The van der Waals surface area contributed by atoms with Crippen LogP contribution in [0.2, 0.25) is 0 Å². The van der Waals surface area contributed by atoms with Crippen molar-refractivity contribution in [3.63, 3.8) is 0 Å². The number of nitrogens with two attached hydrogens (primary N) is 1. The summed E-state index contributed by atoms with van der Waals surface area (Å²) in [5, 5.41) is 14.5. The molecule has 3 aromatic rings. The lowest BCUT2D eigenvalue weighted by atomic mass is 9.92. The van der Waals surface area contributed by atoms with Crippen molar-refractivity contribution in [2.75, 3.05) is 0 Å². The molecule has 0 aliphatic rings. The first-order valence-electron chi connectivity index (χ1n) is 6.52. The maximum Gasteiger partial charge on any atom is 0.0704 e. The highest BCUT2D eigenvalue weighted by Gasteiger charge is 2.16. The van der Waals surface area contributed by atoms with Crippen LogP contribution in [0.4, 0.5) is 0 Å². The highest BCUT2D eigenvalue weighted by atomic mass is 35.5. The molecule has 0 unspecified atom stereocenters. The van der Waals surface area contributed by atoms with Gasteiger partial charge in [0.1, 0.15) is 0 Å². The van der Waals surface area contributed by atoms with Gasteiger partial charge in [-0.2, -0.15) is 0 Å². The fourth-order valence-corrected chi connectivity index (χ4v) is 2.62. The van der Waals surface area contributed by atoms with Crippen molar-refractivity contribution in [3.8, 4) is 0 Å². The summed E-state index contributed by atoms with van der Waals surface area (Å²) in [6, 6.07) is 18.2. The average Bonchev–Trinajstić information content (AvgIpc) is 2.45. The highest BCUT2D eigenvalue weighted by Crippen LogP contribution is 2.32. The van der Waals surface area contributed by atoms with E-state index in [9.17, 15) is 5.11 Å². The first-order valence-corrected chi connectivity index (χ1v) is 6.52. The molecule has 0 saturated heterocycles. The molecule has 3 rings (SSSR count). The number of rotatable bonds is 2. The van der Waals surface area contributed by atoms with Crippen molar-refractivity contribution in [3.05, 3.63) is 60.2 Å². The van der Waals surface area contributed by atoms with E-state index in [1.54, 1.807) is 6.92 Å². The van der Waals surface area contributed by atoms with Gasteiger partial charge in [-0.25, -0.2) is 0 Å². The van der Waals surface area contributed by atoms with Crippen molar-refractivity contribution in [1.29, 1.82) is 0 Å². The molecule has 0 amide bonds. The third-order valence-corrected chi connectivity index (χ3v) is 3.68. The standard InChI is InChI=1S/C17H17NO.ClH/c1-11(19)17(18)16-10-12-6-2-3-7-13(12)14-8-4-5-9-15(14)16;/h2-11,17,19H,18H2,1H3;1H/t11-,17-;/m1./s1. The summed E-state index contributed by atoms with van der Waals surface area (Å²) in [6.07, 6.45) is -0.565. The van der Waals surface area contributed by atoms with Crippen LogP contribution in [-0.4, -0.2) is 11.2 Å². The molecule has 0 aliphatic carbocycles. The van der Waals surface area contributed by atoms with E-state index in [2.05, 4.69) is 30.3 Å². The number of benzene rings is 3. The van der Waals surface area contributed by atoms with Crippen LogP contribution in [-0.2, 0) is 0 Å². The molecule has 0 spiro atoms. The molecule has 0 radical (unpaired) electrons. The Balaban J connectivity index is 0.00000147. The van der Waals surface area contributed by atoms with Gasteiger partial charge in [-0.3, -0.25) is 0 Å². The third-order valence-electron chi connectivity index (χ3n) is 3.68. The van der Waals surface area contributed by atoms with Gasteiger partial charge in [-0.15, -0.1) is 12.4 Å². The predicted octanol–water partition coefficient (Wildman–Crippen LogP) is 3.80. The van der Waals surface area contributed by atoms with Crippen molar-refractivity contribution < 1.29 is 5.11 Å². The fraction of sp³-hybridized carbons (Fsp3) is 0.176. The van der Waals surface area contributed by atoms with E-state index >= 15 is 0 Å². The molecule has 20 heavy (non-hydrogen) atoms. The lowest BCUT2D eigenvalue weighted by Gasteiger charge is -2.19. The first kappa shape index (κ1) is 14.8. The highest BCUT2D eigenvalue weighted by molar-refractivity contribution is 6.09. The SMILES string of the molecule is C[C@@H](O)[C@@H](N)c1cc2ccccc2c2ccccc12.Cl. The molecule has 104 valence electrons. The summed E-state index contributed by atoms with van der Waals surface area (Å²) < 4.78 is 0. The second-order valence-electron chi connectivity index (χ2n) is 5.00. The van der Waals surface area contributed by atoms with Gasteiger partial charge in [0.25, 0.3) is 0 Å². The molecule has 2 nitrogen and oxygen atoms in total. The van der Waals surface area contributed by atoms with Gasteiger partial charge < -0.3 is 10.8 Å². The van der Waals surface area contributed by atoms with E-state index in [-0.39, 0.29) is 18.4 Å². The number of aliphatic hydroxyl groups excluding tert-OH is 1. The van der Waals surface area contributed by atoms with Crippen molar-refractivity contribution in [2.24, 2.45) is 5.73 Å². The quantitative estimate of drug-likeness (QED) is 0.704. The summed E-state index contributed by atoms with van der Waals surface area (Å²) >= 11 is 0. The van der Waals surface area contributed by atoms with E-state index in [0.717, 1.165) is 16.3 Å². The smallest absolute Gasteiger partial charge is 0.0704 e. The average molecular weight is 288 g/mol. The van der Waals surface area contributed by atoms with Gasteiger partial charge in [-0.1, -0.05) is 48.5 Å². The molecule has 0 heterocycles. The zero-order valence-corrected chi connectivity index (χ0v) is 12.1. The number of halogens is 1. The maximum absolute atomic E-state index is 9.78. The van der Waals surface area contributed by atoms with Crippen molar-refractivity contribution in [1.82, 2.24) is 0 Å².